The summed E-state index contributed by atoms with van der Waals surface area (Å²) in [4.78, 5) is 0. The van der Waals surface area contributed by atoms with Gasteiger partial charge in [-0.2, -0.15) is 5.26 Å². The summed E-state index contributed by atoms with van der Waals surface area (Å²) in [5.41, 5.74) is 1.80. The number of nitriles is 1. The second-order valence-corrected chi connectivity index (χ2v) is 4.25. The molecule has 2 saturated carbocycles. The number of allylic oxidation sites excluding steroid dienone is 1. The molecule has 0 atom stereocenters. The first-order chi connectivity index (χ1) is 9.88. The van der Waals surface area contributed by atoms with Crippen molar-refractivity contribution in [3.8, 4) is 6.07 Å². The van der Waals surface area contributed by atoms with Crippen molar-refractivity contribution in [3.05, 3.63) is 105 Å². The van der Waals surface area contributed by atoms with Gasteiger partial charge in [0.25, 0.3) is 0 Å². The summed E-state index contributed by atoms with van der Waals surface area (Å²) in [5.74, 6) is 1.19. The van der Waals surface area contributed by atoms with E-state index >= 15 is 0 Å². The predicted molar refractivity (Wildman–Crippen MR) is 82.1 cm³/mol. The van der Waals surface area contributed by atoms with E-state index < -0.39 is 0 Å². The van der Waals surface area contributed by atoms with Crippen molar-refractivity contribution in [2.45, 2.75) is 0 Å². The minimum Gasteiger partial charge on any atom is -0.192 e. The van der Waals surface area contributed by atoms with Crippen molar-refractivity contribution >= 4 is 6.08 Å². The first-order valence-corrected chi connectivity index (χ1v) is 6.45. The molecule has 0 aromatic heterocycles. The summed E-state index contributed by atoms with van der Waals surface area (Å²) in [7, 11) is 0. The molecule has 0 unspecified atom stereocenters. The normalized spacial score (nSPS) is 17.9. The van der Waals surface area contributed by atoms with Crippen molar-refractivity contribution < 1.29 is 17.1 Å². The molecule has 1 nitrogen and oxygen atoms in total. The summed E-state index contributed by atoms with van der Waals surface area (Å²) >= 11 is 0. The van der Waals surface area contributed by atoms with Crippen LogP contribution >= 0.6 is 0 Å². The zero-order valence-electron chi connectivity index (χ0n) is 11.5. The number of nitrogens with zero attached hydrogens (tertiary/aromatic N) is 1. The Morgan fingerprint density at radius 1 is 0.714 bits per heavy atom. The fourth-order valence-electron chi connectivity index (χ4n) is 1.68. The van der Waals surface area contributed by atoms with E-state index in [9.17, 15) is 0 Å². The van der Waals surface area contributed by atoms with E-state index in [1.54, 1.807) is 0 Å². The van der Waals surface area contributed by atoms with Gasteiger partial charge < -0.3 is 0 Å². The van der Waals surface area contributed by atoms with Crippen LogP contribution in [-0.2, 0) is 17.1 Å². The molecule has 102 valence electrons. The van der Waals surface area contributed by atoms with Gasteiger partial charge in [-0.3, -0.25) is 0 Å². The average molecular weight is 313 g/mol. The molecular weight excluding hydrogens is 298 g/mol. The minimum atomic E-state index is 0. The first-order valence-electron chi connectivity index (χ1n) is 6.45. The van der Waals surface area contributed by atoms with E-state index in [0.29, 0.717) is 5.56 Å². The molecule has 1 aromatic carbocycles. The molecule has 0 saturated heterocycles. The van der Waals surface area contributed by atoms with Crippen LogP contribution in [0.15, 0.2) is 30.3 Å². The number of rotatable bonds is 2. The largest absolute Gasteiger partial charge is 2.00 e. The molecule has 2 aliphatic carbocycles. The van der Waals surface area contributed by atoms with Crippen LogP contribution in [0, 0.1) is 75.0 Å². The molecule has 0 amide bonds. The van der Waals surface area contributed by atoms with E-state index in [1.807, 2.05) is 75.3 Å². The molecular formula is C19H15FeN+2. The second-order valence-electron chi connectivity index (χ2n) is 4.25. The predicted octanol–water partition coefficient (Wildman–Crippen LogP) is 4.00. The Kier molecular flexibility index (Phi) is 9.15. The van der Waals surface area contributed by atoms with Gasteiger partial charge >= 0.3 is 17.1 Å². The molecule has 0 spiro atoms. The monoisotopic (exact) mass is 313 g/mol. The van der Waals surface area contributed by atoms with Crippen LogP contribution in [0.2, 0.25) is 0 Å². The van der Waals surface area contributed by atoms with Crippen molar-refractivity contribution in [2.24, 2.45) is 0 Å². The average Bonchev–Trinajstić information content (AvgIpc) is 3.21. The Hall–Kier alpha value is -1.03. The van der Waals surface area contributed by atoms with E-state index in [-0.39, 0.29) is 17.1 Å². The van der Waals surface area contributed by atoms with Gasteiger partial charge in [0, 0.05) is 5.92 Å². The van der Waals surface area contributed by atoms with Gasteiger partial charge in [0.15, 0.2) is 0 Å². The number of hydrogen-bond donors (Lipinski definition) is 0. The van der Waals surface area contributed by atoms with Gasteiger partial charge in [0.1, 0.15) is 0 Å². The summed E-state index contributed by atoms with van der Waals surface area (Å²) < 4.78 is 0. The molecule has 1 aromatic rings. The fourth-order valence-corrected chi connectivity index (χ4v) is 1.68. The molecule has 0 aliphatic heterocycles. The fraction of sp³-hybridized carbons (Fsp3) is 0. The molecule has 2 fully saturated rings. The maximum absolute atomic E-state index is 8.64. The second kappa shape index (κ2) is 10.7. The van der Waals surface area contributed by atoms with Crippen LogP contribution in [-0.4, -0.2) is 0 Å². The van der Waals surface area contributed by atoms with Gasteiger partial charge in [-0.25, -0.2) is 0 Å². The Bertz CT molecular complexity index is 438. The number of benzene rings is 1. The molecule has 21 heavy (non-hydrogen) atoms. The van der Waals surface area contributed by atoms with E-state index in [2.05, 4.69) is 25.0 Å². The maximum atomic E-state index is 8.64. The van der Waals surface area contributed by atoms with Crippen LogP contribution in [0.4, 0.5) is 0 Å². The molecule has 3 rings (SSSR count). The summed E-state index contributed by atoms with van der Waals surface area (Å²) in [6.45, 7) is 0. The van der Waals surface area contributed by atoms with Crippen LogP contribution < -0.4 is 0 Å². The molecule has 2 aliphatic rings. The quantitative estimate of drug-likeness (QED) is 0.757. The Labute approximate surface area is 139 Å². The van der Waals surface area contributed by atoms with Crippen molar-refractivity contribution in [1.82, 2.24) is 0 Å². The third kappa shape index (κ3) is 6.98. The molecule has 10 radical (unpaired) electrons. The standard InChI is InChI=1S/C14H10N.C5H5.Fe/c15-11-14-9-7-13(8-10-14)6-5-12-3-1-2-4-12;1-2-4-5-3-1;/h1-10H;1-5H;/q;;+2/b6-5-;;. The van der Waals surface area contributed by atoms with E-state index in [0.717, 1.165) is 5.56 Å². The van der Waals surface area contributed by atoms with Crippen LogP contribution in [0.25, 0.3) is 6.08 Å². The minimum absolute atomic E-state index is 0. The van der Waals surface area contributed by atoms with Gasteiger partial charge in [-0.1, -0.05) is 24.3 Å². The van der Waals surface area contributed by atoms with Crippen molar-refractivity contribution in [2.75, 3.05) is 0 Å². The Balaban J connectivity index is 0.000000313. The number of hydrogen-bond acceptors (Lipinski definition) is 1. The van der Waals surface area contributed by atoms with Crippen molar-refractivity contribution in [3.63, 3.8) is 0 Å². The van der Waals surface area contributed by atoms with Crippen LogP contribution in [0.1, 0.15) is 11.1 Å². The van der Waals surface area contributed by atoms with Gasteiger partial charge in [0.05, 0.1) is 11.6 Å². The third-order valence-electron chi connectivity index (χ3n) is 2.75. The zero-order chi connectivity index (χ0) is 14.0. The SMILES string of the molecule is N#Cc1ccc(/C=C\[C]2[CH][CH][CH][CH]2)cc1.[CH]1[CH][CH][CH][CH]1.[Fe+2]. The van der Waals surface area contributed by atoms with E-state index in [4.69, 9.17) is 5.26 Å². The summed E-state index contributed by atoms with van der Waals surface area (Å²) in [5, 5.41) is 8.64. The van der Waals surface area contributed by atoms with Gasteiger partial charge in [0.2, 0.25) is 0 Å². The maximum Gasteiger partial charge on any atom is 2.00 e. The Morgan fingerprint density at radius 3 is 1.71 bits per heavy atom. The van der Waals surface area contributed by atoms with Crippen LogP contribution in [0.3, 0.4) is 0 Å². The van der Waals surface area contributed by atoms with Gasteiger partial charge in [-0.05, 0) is 75.5 Å². The van der Waals surface area contributed by atoms with Crippen LogP contribution in [0.5, 0.6) is 0 Å². The van der Waals surface area contributed by atoms with Gasteiger partial charge in [-0.15, -0.1) is 0 Å². The molecule has 0 bridgehead atoms. The topological polar surface area (TPSA) is 23.8 Å². The Morgan fingerprint density at radius 2 is 1.24 bits per heavy atom. The van der Waals surface area contributed by atoms with Crippen molar-refractivity contribution in [1.29, 1.82) is 5.26 Å². The first kappa shape index (κ1) is 18.0. The molecule has 0 heterocycles. The zero-order valence-corrected chi connectivity index (χ0v) is 12.6. The summed E-state index contributed by atoms with van der Waals surface area (Å²) in [6, 6.07) is 9.63. The third-order valence-corrected chi connectivity index (χ3v) is 2.75. The molecule has 2 heteroatoms. The summed E-state index contributed by atoms with van der Waals surface area (Å²) in [6.07, 6.45) is 22.2. The van der Waals surface area contributed by atoms with E-state index in [1.165, 1.54) is 5.92 Å². The smallest absolute Gasteiger partial charge is 0.192 e. The molecule has 0 N–H and O–H groups in total.